The highest BCUT2D eigenvalue weighted by Crippen LogP contribution is 2.39. The number of piperazine rings is 1. The number of β-amino-alcohol motifs (C(OH)–C–C–N with tert-alkyl or cyclic N) is 1. The number of hydrogen-bond donors (Lipinski definition) is 2. The van der Waals surface area contributed by atoms with E-state index in [2.05, 4.69) is 25.1 Å². The second kappa shape index (κ2) is 9.11. The zero-order chi connectivity index (χ0) is 22.0. The molecule has 2 N–H and O–H groups in total. The molecule has 1 atom stereocenters. The third-order valence-electron chi connectivity index (χ3n) is 5.48. The second-order valence-corrected chi connectivity index (χ2v) is 8.41. The van der Waals surface area contributed by atoms with E-state index in [0.717, 1.165) is 11.6 Å². The van der Waals surface area contributed by atoms with Crippen LogP contribution in [0.3, 0.4) is 0 Å². The van der Waals surface area contributed by atoms with Gasteiger partial charge in [0.05, 0.1) is 17.7 Å². The van der Waals surface area contributed by atoms with Gasteiger partial charge in [-0.2, -0.15) is 13.2 Å². The molecule has 31 heavy (non-hydrogen) atoms. The minimum absolute atomic E-state index is 0.0501. The third-order valence-corrected chi connectivity index (χ3v) is 6.51. The fourth-order valence-corrected chi connectivity index (χ4v) is 4.84. The monoisotopic (exact) mass is 455 g/mol. The first kappa shape index (κ1) is 22.0. The molecule has 4 heterocycles. The Morgan fingerprint density at radius 2 is 2.19 bits per heavy atom. The van der Waals surface area contributed by atoms with Crippen molar-refractivity contribution in [3.8, 4) is 0 Å². The molecule has 0 radical (unpaired) electrons. The second-order valence-electron chi connectivity index (χ2n) is 7.41. The van der Waals surface area contributed by atoms with Crippen molar-refractivity contribution in [1.29, 1.82) is 0 Å². The molecule has 0 saturated carbocycles. The molecule has 2 aromatic rings. The zero-order valence-electron chi connectivity index (χ0n) is 17.0. The lowest BCUT2D eigenvalue weighted by Crippen LogP contribution is -2.54. The number of alkyl halides is 3. The molecule has 0 aliphatic carbocycles. The van der Waals surface area contributed by atoms with Crippen LogP contribution >= 0.6 is 11.3 Å². The Kier molecular flexibility index (Phi) is 6.47. The fourth-order valence-electron chi connectivity index (χ4n) is 4.03. The minimum Gasteiger partial charge on any atom is -0.395 e. The van der Waals surface area contributed by atoms with E-state index in [4.69, 9.17) is 4.74 Å². The molecular weight excluding hydrogens is 431 g/mol. The van der Waals surface area contributed by atoms with Gasteiger partial charge >= 0.3 is 6.18 Å². The topological polar surface area (TPSA) is 73.8 Å². The van der Waals surface area contributed by atoms with Crippen molar-refractivity contribution in [3.05, 3.63) is 39.6 Å². The lowest BCUT2D eigenvalue weighted by molar-refractivity contribution is -0.137. The van der Waals surface area contributed by atoms with Gasteiger partial charge in [-0.1, -0.05) is 11.3 Å². The summed E-state index contributed by atoms with van der Waals surface area (Å²) in [6.45, 7) is 2.99. The summed E-state index contributed by atoms with van der Waals surface area (Å²) < 4.78 is 45.5. The first-order chi connectivity index (χ1) is 14.9. The molecule has 4 rings (SSSR count). The number of nitrogens with zero attached hydrogens (tertiary/aromatic N) is 4. The van der Waals surface area contributed by atoms with Crippen molar-refractivity contribution >= 4 is 28.2 Å². The lowest BCUT2D eigenvalue weighted by Gasteiger charge is -2.42. The standard InChI is InChI=1S/C20H24F3N5O2S/c1-30-10-4-14-12-28(7-6-27(14)8-9-29)17-15-13(3-2-5-24-15)11-25-18-16(17)26-19(31-18)20(21,22)23/h2-3,5,11,14,25,29H,4,6-10,12H2,1H3. The van der Waals surface area contributed by atoms with E-state index in [0.29, 0.717) is 60.2 Å². The summed E-state index contributed by atoms with van der Waals surface area (Å²) in [7, 11) is 1.64. The van der Waals surface area contributed by atoms with Crippen molar-refractivity contribution in [2.45, 2.75) is 18.6 Å². The van der Waals surface area contributed by atoms with Crippen LogP contribution in [-0.2, 0) is 10.9 Å². The highest BCUT2D eigenvalue weighted by Gasteiger charge is 2.38. The maximum atomic E-state index is 13.4. The summed E-state index contributed by atoms with van der Waals surface area (Å²) in [5.74, 6) is 0. The summed E-state index contributed by atoms with van der Waals surface area (Å²) in [5, 5.41) is 13.3. The first-order valence-electron chi connectivity index (χ1n) is 10.0. The molecule has 1 unspecified atom stereocenters. The highest BCUT2D eigenvalue weighted by molar-refractivity contribution is 7.16. The van der Waals surface area contributed by atoms with E-state index in [-0.39, 0.29) is 18.3 Å². The molecule has 7 nitrogen and oxygen atoms in total. The average molecular weight is 456 g/mol. The molecule has 0 spiro atoms. The fraction of sp³-hybridized carbons (Fsp3) is 0.500. The molecule has 0 amide bonds. The summed E-state index contributed by atoms with van der Waals surface area (Å²) in [6, 6.07) is 3.76. The summed E-state index contributed by atoms with van der Waals surface area (Å²) >= 11 is 0.600. The first-order valence-corrected chi connectivity index (χ1v) is 10.8. The van der Waals surface area contributed by atoms with Gasteiger partial charge in [0.2, 0.25) is 5.01 Å². The SMILES string of the molecule is COCCC1CN(C2=c3ncccc3=CNc3sc(C(F)(F)F)nc32)CCN1CCO. The highest BCUT2D eigenvalue weighted by atomic mass is 32.1. The van der Waals surface area contributed by atoms with Gasteiger partial charge in [-0.25, -0.2) is 4.98 Å². The molecule has 0 bridgehead atoms. The number of aromatic nitrogens is 2. The number of nitrogens with one attached hydrogen (secondary N) is 1. The number of thiazole rings is 1. The number of pyridine rings is 1. The Morgan fingerprint density at radius 1 is 1.35 bits per heavy atom. The molecule has 1 saturated heterocycles. The Hall–Kier alpha value is -2.21. The van der Waals surface area contributed by atoms with Crippen molar-refractivity contribution < 1.29 is 23.0 Å². The number of hydrogen-bond acceptors (Lipinski definition) is 8. The van der Waals surface area contributed by atoms with Crippen LogP contribution in [0.2, 0.25) is 0 Å². The van der Waals surface area contributed by atoms with Gasteiger partial charge in [-0.05, 0) is 18.6 Å². The molecule has 168 valence electrons. The summed E-state index contributed by atoms with van der Waals surface area (Å²) in [6.07, 6.45) is -0.453. The van der Waals surface area contributed by atoms with E-state index in [1.165, 1.54) is 0 Å². The Labute approximate surface area is 181 Å². The van der Waals surface area contributed by atoms with Gasteiger partial charge in [0.15, 0.2) is 0 Å². The minimum atomic E-state index is -4.52. The largest absolute Gasteiger partial charge is 0.443 e. The van der Waals surface area contributed by atoms with Gasteiger partial charge in [0.25, 0.3) is 0 Å². The number of fused-ring (bicyclic) bond motifs is 2. The maximum Gasteiger partial charge on any atom is 0.443 e. The van der Waals surface area contributed by atoms with Crippen molar-refractivity contribution in [3.63, 3.8) is 0 Å². The predicted molar refractivity (Wildman–Crippen MR) is 112 cm³/mol. The number of anilines is 1. The lowest BCUT2D eigenvalue weighted by atomic mass is 10.1. The molecule has 2 aliphatic rings. The molecule has 1 fully saturated rings. The Balaban J connectivity index is 1.80. The van der Waals surface area contributed by atoms with E-state index in [1.807, 2.05) is 6.07 Å². The molecule has 2 aromatic heterocycles. The normalized spacial score (nSPS) is 19.3. The average Bonchev–Trinajstić information content (AvgIpc) is 3.11. The van der Waals surface area contributed by atoms with E-state index in [1.54, 1.807) is 25.6 Å². The number of rotatable bonds is 6. The third kappa shape index (κ3) is 4.54. The number of ether oxygens (including phenoxy) is 1. The predicted octanol–water partition coefficient (Wildman–Crippen LogP) is 0.892. The van der Waals surface area contributed by atoms with Gasteiger partial charge in [0, 0.05) is 63.6 Å². The maximum absolute atomic E-state index is 13.4. The van der Waals surface area contributed by atoms with Crippen LogP contribution < -0.4 is 15.9 Å². The Morgan fingerprint density at radius 3 is 2.94 bits per heavy atom. The molecule has 2 aliphatic heterocycles. The van der Waals surface area contributed by atoms with Crippen molar-refractivity contribution in [2.24, 2.45) is 0 Å². The van der Waals surface area contributed by atoms with Crippen LogP contribution in [0.15, 0.2) is 18.3 Å². The van der Waals surface area contributed by atoms with Gasteiger partial charge in [-0.3, -0.25) is 9.88 Å². The Bertz CT molecular complexity index is 1040. The summed E-state index contributed by atoms with van der Waals surface area (Å²) in [5.41, 5.74) is 0.872. The number of aliphatic hydroxyl groups excluding tert-OH is 1. The van der Waals surface area contributed by atoms with Crippen LogP contribution in [0.25, 0.3) is 11.9 Å². The quantitative estimate of drug-likeness (QED) is 0.670. The van der Waals surface area contributed by atoms with Gasteiger partial charge in [-0.15, -0.1) is 0 Å². The van der Waals surface area contributed by atoms with Crippen LogP contribution in [0.4, 0.5) is 18.2 Å². The van der Waals surface area contributed by atoms with Crippen LogP contribution in [0.5, 0.6) is 0 Å². The van der Waals surface area contributed by atoms with Crippen LogP contribution in [0.1, 0.15) is 17.1 Å². The summed E-state index contributed by atoms with van der Waals surface area (Å²) in [4.78, 5) is 12.8. The van der Waals surface area contributed by atoms with Gasteiger partial charge < -0.3 is 20.1 Å². The van der Waals surface area contributed by atoms with E-state index in [9.17, 15) is 18.3 Å². The van der Waals surface area contributed by atoms with Gasteiger partial charge in [0.1, 0.15) is 10.7 Å². The van der Waals surface area contributed by atoms with E-state index < -0.39 is 11.2 Å². The van der Waals surface area contributed by atoms with E-state index >= 15 is 0 Å². The number of methoxy groups -OCH3 is 1. The zero-order valence-corrected chi connectivity index (χ0v) is 17.8. The molecular formula is C20H24F3N5O2S. The molecule has 11 heteroatoms. The smallest absolute Gasteiger partial charge is 0.395 e. The van der Waals surface area contributed by atoms with Crippen LogP contribution in [0, 0.1) is 0 Å². The van der Waals surface area contributed by atoms with Crippen molar-refractivity contribution in [1.82, 2.24) is 19.8 Å². The number of aliphatic hydroxyl groups is 1. The van der Waals surface area contributed by atoms with Crippen LogP contribution in [-0.4, -0.2) is 77.4 Å². The number of halogens is 3. The molecule has 0 aromatic carbocycles. The van der Waals surface area contributed by atoms with Crippen molar-refractivity contribution in [2.75, 3.05) is 51.8 Å².